The predicted molar refractivity (Wildman–Crippen MR) is 107 cm³/mol. The molecule has 27 heavy (non-hydrogen) atoms. The van der Waals surface area contributed by atoms with Crippen molar-refractivity contribution in [1.29, 1.82) is 0 Å². The average molecular weight is 384 g/mol. The van der Waals surface area contributed by atoms with E-state index < -0.39 is 10.0 Å². The number of rotatable bonds is 6. The van der Waals surface area contributed by atoms with Crippen LogP contribution in [0.2, 0.25) is 0 Å². The van der Waals surface area contributed by atoms with Gasteiger partial charge in [0.15, 0.2) is 0 Å². The maximum atomic E-state index is 12.9. The third kappa shape index (κ3) is 4.28. The second kappa shape index (κ2) is 7.66. The zero-order chi connectivity index (χ0) is 19.6. The van der Waals surface area contributed by atoms with E-state index in [-0.39, 0.29) is 6.54 Å². The second-order valence-corrected chi connectivity index (χ2v) is 8.64. The van der Waals surface area contributed by atoms with Gasteiger partial charge < -0.3 is 0 Å². The van der Waals surface area contributed by atoms with E-state index in [1.54, 1.807) is 6.20 Å². The van der Waals surface area contributed by atoms with Gasteiger partial charge in [0, 0.05) is 18.9 Å². The molecular formula is C21H25N3O2S. The molecular weight excluding hydrogens is 358 g/mol. The Bertz CT molecular complexity index is 1010. The van der Waals surface area contributed by atoms with Crippen LogP contribution in [0.1, 0.15) is 33.4 Å². The highest BCUT2D eigenvalue weighted by Crippen LogP contribution is 2.26. The first-order valence-electron chi connectivity index (χ1n) is 8.90. The third-order valence-electron chi connectivity index (χ3n) is 4.96. The Hall–Kier alpha value is -2.44. The predicted octanol–water partition coefficient (Wildman–Crippen LogP) is 3.64. The number of hydrogen-bond acceptors (Lipinski definition) is 3. The first-order valence-corrected chi connectivity index (χ1v) is 10.4. The fourth-order valence-corrected chi connectivity index (χ4v) is 4.81. The molecule has 0 bridgehead atoms. The highest BCUT2D eigenvalue weighted by atomic mass is 32.2. The van der Waals surface area contributed by atoms with Gasteiger partial charge in [-0.1, -0.05) is 30.3 Å². The first kappa shape index (κ1) is 19.3. The Labute approximate surface area is 161 Å². The summed E-state index contributed by atoms with van der Waals surface area (Å²) in [5, 5.41) is 4.19. The van der Waals surface area contributed by atoms with E-state index in [0.717, 1.165) is 33.4 Å². The lowest BCUT2D eigenvalue weighted by atomic mass is 10.0. The standard InChI is InChI=1S/C21H25N3O2S/c1-15-12-16(2)18(4)21(17(15)3)27(25,26)23-13-19-6-8-20(9-7-19)14-24-11-5-10-22-24/h5-12,23H,13-14H2,1-4H3. The average Bonchev–Trinajstić information content (AvgIpc) is 3.12. The maximum Gasteiger partial charge on any atom is 0.241 e. The molecule has 5 nitrogen and oxygen atoms in total. The highest BCUT2D eigenvalue weighted by Gasteiger charge is 2.21. The minimum absolute atomic E-state index is 0.260. The van der Waals surface area contributed by atoms with Crippen molar-refractivity contribution in [3.8, 4) is 0 Å². The number of hydrogen-bond donors (Lipinski definition) is 1. The molecule has 0 aliphatic heterocycles. The van der Waals surface area contributed by atoms with E-state index in [1.165, 1.54) is 0 Å². The first-order chi connectivity index (χ1) is 12.8. The number of nitrogens with one attached hydrogen (secondary N) is 1. The van der Waals surface area contributed by atoms with Gasteiger partial charge in [-0.05, 0) is 67.1 Å². The minimum atomic E-state index is -3.58. The Morgan fingerprint density at radius 3 is 2.11 bits per heavy atom. The summed E-state index contributed by atoms with van der Waals surface area (Å²) < 4.78 is 30.4. The molecule has 0 aliphatic rings. The molecule has 6 heteroatoms. The molecule has 0 atom stereocenters. The number of sulfonamides is 1. The van der Waals surface area contributed by atoms with Crippen LogP contribution in [0, 0.1) is 27.7 Å². The fourth-order valence-electron chi connectivity index (χ4n) is 3.18. The lowest BCUT2D eigenvalue weighted by Crippen LogP contribution is -2.25. The second-order valence-electron chi connectivity index (χ2n) is 6.93. The number of nitrogens with zero attached hydrogens (tertiary/aromatic N) is 2. The van der Waals surface area contributed by atoms with Crippen molar-refractivity contribution in [1.82, 2.24) is 14.5 Å². The molecule has 1 N–H and O–H groups in total. The molecule has 0 saturated carbocycles. The van der Waals surface area contributed by atoms with Crippen LogP contribution >= 0.6 is 0 Å². The zero-order valence-electron chi connectivity index (χ0n) is 16.2. The maximum absolute atomic E-state index is 12.9. The third-order valence-corrected chi connectivity index (χ3v) is 6.63. The van der Waals surface area contributed by atoms with E-state index in [0.29, 0.717) is 11.4 Å². The molecule has 3 rings (SSSR count). The van der Waals surface area contributed by atoms with Crippen molar-refractivity contribution in [2.24, 2.45) is 0 Å². The molecule has 1 heterocycles. The number of benzene rings is 2. The number of aryl methyl sites for hydroxylation is 2. The normalized spacial score (nSPS) is 11.7. The highest BCUT2D eigenvalue weighted by molar-refractivity contribution is 7.89. The van der Waals surface area contributed by atoms with E-state index in [9.17, 15) is 8.42 Å². The quantitative estimate of drug-likeness (QED) is 0.707. The van der Waals surface area contributed by atoms with Gasteiger partial charge >= 0.3 is 0 Å². The summed E-state index contributed by atoms with van der Waals surface area (Å²) in [6.45, 7) is 8.56. The summed E-state index contributed by atoms with van der Waals surface area (Å²) in [7, 11) is -3.58. The number of aromatic nitrogens is 2. The van der Waals surface area contributed by atoms with Crippen molar-refractivity contribution in [2.45, 2.75) is 45.7 Å². The molecule has 0 spiro atoms. The lowest BCUT2D eigenvalue weighted by Gasteiger charge is -2.16. The molecule has 3 aromatic rings. The molecule has 0 unspecified atom stereocenters. The van der Waals surface area contributed by atoms with E-state index in [2.05, 4.69) is 9.82 Å². The summed E-state index contributed by atoms with van der Waals surface area (Å²) in [6, 6.07) is 11.8. The molecule has 0 amide bonds. The van der Waals surface area contributed by atoms with Crippen LogP contribution in [0.3, 0.4) is 0 Å². The molecule has 1 aromatic heterocycles. The summed E-state index contributed by atoms with van der Waals surface area (Å²) in [5.41, 5.74) is 5.62. The van der Waals surface area contributed by atoms with Crippen LogP contribution in [0.25, 0.3) is 0 Å². The van der Waals surface area contributed by atoms with Gasteiger partial charge in [-0.15, -0.1) is 0 Å². The van der Waals surface area contributed by atoms with Gasteiger partial charge in [0.25, 0.3) is 0 Å². The topological polar surface area (TPSA) is 64.0 Å². The zero-order valence-corrected chi connectivity index (χ0v) is 17.0. The lowest BCUT2D eigenvalue weighted by molar-refractivity contribution is 0.579. The Morgan fingerprint density at radius 2 is 1.56 bits per heavy atom. The van der Waals surface area contributed by atoms with Crippen LogP contribution < -0.4 is 4.72 Å². The van der Waals surface area contributed by atoms with Gasteiger partial charge in [0.05, 0.1) is 11.4 Å². The summed E-state index contributed by atoms with van der Waals surface area (Å²) >= 11 is 0. The molecule has 0 saturated heterocycles. The largest absolute Gasteiger partial charge is 0.268 e. The smallest absolute Gasteiger partial charge is 0.241 e. The van der Waals surface area contributed by atoms with Crippen molar-refractivity contribution in [3.63, 3.8) is 0 Å². The summed E-state index contributed by atoms with van der Waals surface area (Å²) in [4.78, 5) is 0.398. The molecule has 0 aliphatic carbocycles. The fraction of sp³-hybridized carbons (Fsp3) is 0.286. The van der Waals surface area contributed by atoms with Crippen molar-refractivity contribution in [3.05, 3.63) is 82.2 Å². The summed E-state index contributed by atoms with van der Waals surface area (Å²) in [6.07, 6.45) is 3.66. The Kier molecular flexibility index (Phi) is 5.48. The van der Waals surface area contributed by atoms with Gasteiger partial charge in [-0.25, -0.2) is 13.1 Å². The van der Waals surface area contributed by atoms with Crippen LogP contribution in [-0.4, -0.2) is 18.2 Å². The van der Waals surface area contributed by atoms with E-state index in [1.807, 2.05) is 75.0 Å². The van der Waals surface area contributed by atoms with Crippen molar-refractivity contribution >= 4 is 10.0 Å². The molecule has 2 aromatic carbocycles. The molecule has 0 fully saturated rings. The van der Waals surface area contributed by atoms with Crippen molar-refractivity contribution < 1.29 is 8.42 Å². The monoisotopic (exact) mass is 383 g/mol. The van der Waals surface area contributed by atoms with Crippen molar-refractivity contribution in [2.75, 3.05) is 0 Å². The van der Waals surface area contributed by atoms with Gasteiger partial charge in [0.2, 0.25) is 10.0 Å². The Morgan fingerprint density at radius 1 is 0.963 bits per heavy atom. The molecule has 0 radical (unpaired) electrons. The van der Waals surface area contributed by atoms with Crippen LogP contribution in [-0.2, 0) is 23.1 Å². The van der Waals surface area contributed by atoms with Crippen LogP contribution in [0.4, 0.5) is 0 Å². The summed E-state index contributed by atoms with van der Waals surface area (Å²) in [5.74, 6) is 0. The molecule has 142 valence electrons. The SMILES string of the molecule is Cc1cc(C)c(C)c(S(=O)(=O)NCc2ccc(Cn3cccn3)cc2)c1C. The Balaban J connectivity index is 1.74. The van der Waals surface area contributed by atoms with E-state index >= 15 is 0 Å². The van der Waals surface area contributed by atoms with Gasteiger partial charge in [0.1, 0.15) is 0 Å². The van der Waals surface area contributed by atoms with Gasteiger partial charge in [-0.2, -0.15) is 5.10 Å². The van der Waals surface area contributed by atoms with E-state index in [4.69, 9.17) is 0 Å². The van der Waals surface area contributed by atoms with Crippen LogP contribution in [0.15, 0.2) is 53.7 Å². The van der Waals surface area contributed by atoms with Crippen LogP contribution in [0.5, 0.6) is 0 Å². The van der Waals surface area contributed by atoms with Gasteiger partial charge in [-0.3, -0.25) is 4.68 Å². The minimum Gasteiger partial charge on any atom is -0.268 e.